The second-order valence-corrected chi connectivity index (χ2v) is 9.43. The minimum absolute atomic E-state index is 0.0636. The van der Waals surface area contributed by atoms with Crippen LogP contribution in [0, 0.1) is 0 Å². The largest absolute Gasteiger partial charge is 0.418 e. The molecule has 4 rings (SSSR count). The number of ether oxygens (including phenoxy) is 1. The maximum atomic E-state index is 13.6. The highest BCUT2D eigenvalue weighted by atomic mass is 19.4. The molecule has 0 fully saturated rings. The number of benzene rings is 1. The predicted octanol–water partition coefficient (Wildman–Crippen LogP) is 7.15. The molecular formula is C27H24F6N4O2. The summed E-state index contributed by atoms with van der Waals surface area (Å²) in [4.78, 5) is 12.7. The number of hydrogen-bond donors (Lipinski definition) is 2. The third-order valence-corrected chi connectivity index (χ3v) is 6.05. The van der Waals surface area contributed by atoms with E-state index in [0.29, 0.717) is 22.5 Å². The first kappa shape index (κ1) is 28.2. The van der Waals surface area contributed by atoms with E-state index >= 15 is 0 Å². The summed E-state index contributed by atoms with van der Waals surface area (Å²) in [6, 6.07) is 10.9. The Labute approximate surface area is 219 Å². The van der Waals surface area contributed by atoms with Gasteiger partial charge in [-0.3, -0.25) is 4.98 Å². The van der Waals surface area contributed by atoms with Crippen LogP contribution < -0.4 is 5.32 Å². The second kappa shape index (κ2) is 10.4. The minimum Gasteiger partial charge on any atom is -0.388 e. The molecule has 206 valence electrons. The summed E-state index contributed by atoms with van der Waals surface area (Å²) in [5.41, 5.74) is -2.24. The van der Waals surface area contributed by atoms with Gasteiger partial charge in [0, 0.05) is 17.3 Å². The van der Waals surface area contributed by atoms with Crippen molar-refractivity contribution in [3.8, 4) is 11.4 Å². The van der Waals surface area contributed by atoms with E-state index in [1.165, 1.54) is 36.5 Å². The smallest absolute Gasteiger partial charge is 0.388 e. The topological polar surface area (TPSA) is 80.2 Å². The Kier molecular flexibility index (Phi) is 7.55. The van der Waals surface area contributed by atoms with E-state index < -0.39 is 35.2 Å². The summed E-state index contributed by atoms with van der Waals surface area (Å²) in [6.07, 6.45) is -8.52. The van der Waals surface area contributed by atoms with E-state index in [4.69, 9.17) is 4.74 Å². The first-order valence-corrected chi connectivity index (χ1v) is 11.7. The number of aromatic nitrogens is 3. The number of nitrogens with one attached hydrogen (secondary N) is 1. The average molecular weight is 551 g/mol. The molecular weight excluding hydrogens is 526 g/mol. The van der Waals surface area contributed by atoms with Crippen molar-refractivity contribution in [1.82, 2.24) is 15.0 Å². The van der Waals surface area contributed by atoms with Crippen molar-refractivity contribution in [3.05, 3.63) is 77.6 Å². The molecule has 6 nitrogen and oxygen atoms in total. The third-order valence-electron chi connectivity index (χ3n) is 6.05. The number of hydrogen-bond acceptors (Lipinski definition) is 6. The molecule has 4 aromatic rings. The van der Waals surface area contributed by atoms with E-state index in [2.05, 4.69) is 20.3 Å². The normalized spacial score (nSPS) is 13.5. The summed E-state index contributed by atoms with van der Waals surface area (Å²) < 4.78 is 85.4. The molecule has 39 heavy (non-hydrogen) atoms. The molecule has 0 saturated carbocycles. The Morgan fingerprint density at radius 3 is 2.23 bits per heavy atom. The zero-order valence-electron chi connectivity index (χ0n) is 21.0. The summed E-state index contributed by atoms with van der Waals surface area (Å²) in [7, 11) is 0. The lowest BCUT2D eigenvalue weighted by Gasteiger charge is -2.25. The average Bonchev–Trinajstić information content (AvgIpc) is 2.85. The van der Waals surface area contributed by atoms with Crippen molar-refractivity contribution in [3.63, 3.8) is 0 Å². The number of fused-ring (bicyclic) bond motifs is 1. The molecule has 2 N–H and O–H groups in total. The Balaban J connectivity index is 1.78. The molecule has 0 unspecified atom stereocenters. The number of aliphatic hydroxyl groups is 1. The highest BCUT2D eigenvalue weighted by molar-refractivity contribution is 5.92. The maximum Gasteiger partial charge on any atom is 0.418 e. The standard InChI is InChI=1S/C27H24F6N4O2/c1-15(25(2,3)38)39-14-18-13-22(35-17-8-6-16(7-9-17)26(28,29)30)19-10-11-21(37-24(19)36-18)23-20(27(31,32)33)5-4-12-34-23/h4-13,15,38H,14H2,1-3H3,(H,35,36,37)/t15-/m1/s1. The summed E-state index contributed by atoms with van der Waals surface area (Å²) in [6.45, 7) is 4.73. The van der Waals surface area contributed by atoms with Crippen molar-refractivity contribution in [1.29, 1.82) is 0 Å². The monoisotopic (exact) mass is 550 g/mol. The zero-order chi connectivity index (χ0) is 28.6. The number of alkyl halides is 6. The SMILES string of the molecule is C[C@@H](OCc1cc(Nc2ccc(C(F)(F)F)cc2)c2ccc(-c3ncccc3C(F)(F)F)nc2n1)C(C)(C)O. The van der Waals surface area contributed by atoms with Crippen LogP contribution in [0.3, 0.4) is 0 Å². The number of pyridine rings is 3. The summed E-state index contributed by atoms with van der Waals surface area (Å²) in [5, 5.41) is 13.6. The molecule has 1 aromatic carbocycles. The fraction of sp³-hybridized carbons (Fsp3) is 0.296. The lowest BCUT2D eigenvalue weighted by atomic mass is 10.0. The van der Waals surface area contributed by atoms with Crippen LogP contribution >= 0.6 is 0 Å². The van der Waals surface area contributed by atoms with E-state index in [1.807, 2.05) is 0 Å². The van der Waals surface area contributed by atoms with E-state index in [9.17, 15) is 31.4 Å². The predicted molar refractivity (Wildman–Crippen MR) is 133 cm³/mol. The molecule has 3 heterocycles. The minimum atomic E-state index is -4.66. The summed E-state index contributed by atoms with van der Waals surface area (Å²) in [5.74, 6) is 0. The molecule has 12 heteroatoms. The van der Waals surface area contributed by atoms with Gasteiger partial charge in [-0.2, -0.15) is 26.3 Å². The molecule has 0 aliphatic rings. The number of anilines is 2. The van der Waals surface area contributed by atoms with Gasteiger partial charge in [0.1, 0.15) is 5.69 Å². The van der Waals surface area contributed by atoms with Gasteiger partial charge in [0.2, 0.25) is 0 Å². The van der Waals surface area contributed by atoms with Crippen molar-refractivity contribution in [2.45, 2.75) is 51.4 Å². The van der Waals surface area contributed by atoms with Crippen molar-refractivity contribution < 1.29 is 36.2 Å². The Morgan fingerprint density at radius 2 is 1.62 bits per heavy atom. The van der Waals surface area contributed by atoms with Gasteiger partial charge in [-0.05, 0) is 75.4 Å². The van der Waals surface area contributed by atoms with Crippen molar-refractivity contribution in [2.75, 3.05) is 5.32 Å². The molecule has 0 amide bonds. The molecule has 0 bridgehead atoms. The van der Waals surface area contributed by atoms with Gasteiger partial charge in [-0.15, -0.1) is 0 Å². The van der Waals surface area contributed by atoms with Crippen LogP contribution in [0.2, 0.25) is 0 Å². The van der Waals surface area contributed by atoms with Gasteiger partial charge in [0.25, 0.3) is 0 Å². The van der Waals surface area contributed by atoms with Crippen LogP contribution in [0.5, 0.6) is 0 Å². The number of nitrogens with zero attached hydrogens (tertiary/aromatic N) is 3. The fourth-order valence-electron chi connectivity index (χ4n) is 3.62. The second-order valence-electron chi connectivity index (χ2n) is 9.43. The van der Waals surface area contributed by atoms with Gasteiger partial charge in [-0.1, -0.05) is 0 Å². The highest BCUT2D eigenvalue weighted by Gasteiger charge is 2.35. The van der Waals surface area contributed by atoms with E-state index in [0.717, 1.165) is 18.2 Å². The maximum absolute atomic E-state index is 13.6. The van der Waals surface area contributed by atoms with Gasteiger partial charge >= 0.3 is 12.4 Å². The zero-order valence-corrected chi connectivity index (χ0v) is 21.0. The quantitative estimate of drug-likeness (QED) is 0.238. The van der Waals surface area contributed by atoms with Gasteiger partial charge in [-0.25, -0.2) is 9.97 Å². The molecule has 0 saturated heterocycles. The third kappa shape index (κ3) is 6.63. The lowest BCUT2D eigenvalue weighted by molar-refractivity contribution is -0.138. The molecule has 0 radical (unpaired) electrons. The number of rotatable bonds is 7. The van der Waals surface area contributed by atoms with Crippen molar-refractivity contribution >= 4 is 22.4 Å². The first-order valence-electron chi connectivity index (χ1n) is 11.7. The van der Waals surface area contributed by atoms with Crippen molar-refractivity contribution in [2.24, 2.45) is 0 Å². The number of halogens is 6. The lowest BCUT2D eigenvalue weighted by Crippen LogP contribution is -2.35. The van der Waals surface area contributed by atoms with Gasteiger partial charge in [0.15, 0.2) is 5.65 Å². The molecule has 0 spiro atoms. The van der Waals surface area contributed by atoms with Gasteiger partial charge < -0.3 is 15.2 Å². The Bertz CT molecular complexity index is 1460. The van der Waals surface area contributed by atoms with Gasteiger partial charge in [0.05, 0.1) is 46.5 Å². The van der Waals surface area contributed by atoms with Crippen LogP contribution in [-0.2, 0) is 23.7 Å². The molecule has 1 atom stereocenters. The Morgan fingerprint density at radius 1 is 0.923 bits per heavy atom. The Hall–Kier alpha value is -3.77. The molecule has 3 aromatic heterocycles. The fourth-order valence-corrected chi connectivity index (χ4v) is 3.62. The molecule has 0 aliphatic heterocycles. The van der Waals surface area contributed by atoms with Crippen LogP contribution in [0.4, 0.5) is 37.7 Å². The van der Waals surface area contributed by atoms with Crippen LogP contribution in [0.25, 0.3) is 22.4 Å². The van der Waals surface area contributed by atoms with E-state index in [-0.39, 0.29) is 23.6 Å². The summed E-state index contributed by atoms with van der Waals surface area (Å²) >= 11 is 0. The van der Waals surface area contributed by atoms with Crippen LogP contribution in [-0.4, -0.2) is 31.8 Å². The van der Waals surface area contributed by atoms with Crippen LogP contribution in [0.1, 0.15) is 37.6 Å². The molecule has 0 aliphatic carbocycles. The first-order chi connectivity index (χ1) is 18.1. The highest BCUT2D eigenvalue weighted by Crippen LogP contribution is 2.36. The van der Waals surface area contributed by atoms with E-state index in [1.54, 1.807) is 26.8 Å². The van der Waals surface area contributed by atoms with Crippen LogP contribution in [0.15, 0.2) is 60.8 Å².